The summed E-state index contributed by atoms with van der Waals surface area (Å²) in [5.74, 6) is -0.225. The van der Waals surface area contributed by atoms with E-state index in [-0.39, 0.29) is 5.82 Å². The first-order valence-electron chi connectivity index (χ1n) is 6.45. The summed E-state index contributed by atoms with van der Waals surface area (Å²) in [6.07, 6.45) is 0. The zero-order valence-corrected chi connectivity index (χ0v) is 11.9. The van der Waals surface area contributed by atoms with Crippen molar-refractivity contribution in [2.24, 2.45) is 5.73 Å². The Balaban J connectivity index is 2.54. The normalized spacial score (nSPS) is 14.2. The topological polar surface area (TPSA) is 26.0 Å². The number of aryl methyl sites for hydroxylation is 3. The lowest BCUT2D eigenvalue weighted by atomic mass is 9.82. The first-order valence-corrected chi connectivity index (χ1v) is 6.45. The van der Waals surface area contributed by atoms with Gasteiger partial charge in [0.25, 0.3) is 0 Å². The SMILES string of the molecule is Cc1ccc(C(C)(N)c2ccc(F)cc2C)cc1C. The summed E-state index contributed by atoms with van der Waals surface area (Å²) in [7, 11) is 0. The third kappa shape index (κ3) is 2.54. The molecule has 1 unspecified atom stereocenters. The van der Waals surface area contributed by atoms with Gasteiger partial charge in [-0.1, -0.05) is 24.3 Å². The number of hydrogen-bond donors (Lipinski definition) is 1. The van der Waals surface area contributed by atoms with E-state index >= 15 is 0 Å². The Morgan fingerprint density at radius 3 is 2.16 bits per heavy atom. The molecule has 0 aliphatic heterocycles. The van der Waals surface area contributed by atoms with Crippen molar-refractivity contribution in [2.75, 3.05) is 0 Å². The van der Waals surface area contributed by atoms with Crippen molar-refractivity contribution in [3.63, 3.8) is 0 Å². The summed E-state index contributed by atoms with van der Waals surface area (Å²) >= 11 is 0. The first kappa shape index (κ1) is 13.8. The Kier molecular flexibility index (Phi) is 3.46. The van der Waals surface area contributed by atoms with E-state index in [0.29, 0.717) is 0 Å². The summed E-state index contributed by atoms with van der Waals surface area (Å²) in [4.78, 5) is 0. The van der Waals surface area contributed by atoms with E-state index in [1.807, 2.05) is 19.9 Å². The minimum Gasteiger partial charge on any atom is -0.318 e. The second-order valence-corrected chi connectivity index (χ2v) is 5.46. The Bertz CT molecular complexity index is 615. The highest BCUT2D eigenvalue weighted by Crippen LogP contribution is 2.30. The van der Waals surface area contributed by atoms with Gasteiger partial charge in [0.1, 0.15) is 5.82 Å². The lowest BCUT2D eigenvalue weighted by molar-refractivity contribution is 0.587. The van der Waals surface area contributed by atoms with Crippen LogP contribution in [-0.2, 0) is 5.54 Å². The molecule has 100 valence electrons. The van der Waals surface area contributed by atoms with Crippen LogP contribution in [0.3, 0.4) is 0 Å². The Hall–Kier alpha value is -1.67. The predicted octanol–water partition coefficient (Wildman–Crippen LogP) is 3.97. The van der Waals surface area contributed by atoms with Gasteiger partial charge in [-0.15, -0.1) is 0 Å². The van der Waals surface area contributed by atoms with E-state index in [2.05, 4.69) is 26.0 Å². The molecular formula is C17H20FN. The number of nitrogens with two attached hydrogens (primary N) is 1. The van der Waals surface area contributed by atoms with E-state index in [1.54, 1.807) is 6.07 Å². The predicted molar refractivity (Wildman–Crippen MR) is 77.7 cm³/mol. The van der Waals surface area contributed by atoms with E-state index < -0.39 is 5.54 Å². The standard InChI is InChI=1S/C17H20FN/c1-11-5-6-14(9-12(11)2)17(4,19)16-8-7-15(18)10-13(16)3/h5-10H,19H2,1-4H3. The summed E-state index contributed by atoms with van der Waals surface area (Å²) in [6, 6.07) is 11.0. The molecule has 19 heavy (non-hydrogen) atoms. The number of benzene rings is 2. The minimum absolute atomic E-state index is 0.225. The van der Waals surface area contributed by atoms with Gasteiger partial charge in [0.2, 0.25) is 0 Å². The number of halogens is 1. The second kappa shape index (κ2) is 4.78. The van der Waals surface area contributed by atoms with Crippen LogP contribution in [0, 0.1) is 26.6 Å². The summed E-state index contributed by atoms with van der Waals surface area (Å²) in [5, 5.41) is 0. The third-order valence-electron chi connectivity index (χ3n) is 3.85. The van der Waals surface area contributed by atoms with Gasteiger partial charge < -0.3 is 5.73 Å². The second-order valence-electron chi connectivity index (χ2n) is 5.46. The fraction of sp³-hybridized carbons (Fsp3) is 0.294. The van der Waals surface area contributed by atoms with Crippen molar-refractivity contribution in [1.82, 2.24) is 0 Å². The highest BCUT2D eigenvalue weighted by Gasteiger charge is 2.25. The van der Waals surface area contributed by atoms with Gasteiger partial charge in [-0.25, -0.2) is 4.39 Å². The highest BCUT2D eigenvalue weighted by molar-refractivity contribution is 5.44. The number of rotatable bonds is 2. The minimum atomic E-state index is -0.615. The molecule has 0 radical (unpaired) electrons. The lowest BCUT2D eigenvalue weighted by Crippen LogP contribution is -2.35. The van der Waals surface area contributed by atoms with Crippen molar-refractivity contribution in [3.8, 4) is 0 Å². The summed E-state index contributed by atoms with van der Waals surface area (Å²) < 4.78 is 13.2. The van der Waals surface area contributed by atoms with Crippen LogP contribution in [0.5, 0.6) is 0 Å². The molecule has 0 aliphatic rings. The highest BCUT2D eigenvalue weighted by atomic mass is 19.1. The lowest BCUT2D eigenvalue weighted by Gasteiger charge is -2.28. The molecule has 0 aliphatic carbocycles. The maximum atomic E-state index is 13.2. The van der Waals surface area contributed by atoms with Crippen LogP contribution in [0.2, 0.25) is 0 Å². The molecule has 0 fully saturated rings. The molecule has 0 saturated heterocycles. The van der Waals surface area contributed by atoms with Crippen molar-refractivity contribution in [2.45, 2.75) is 33.2 Å². The molecule has 0 heterocycles. The van der Waals surface area contributed by atoms with E-state index in [0.717, 1.165) is 16.7 Å². The summed E-state index contributed by atoms with van der Waals surface area (Å²) in [5.41, 5.74) is 11.2. The van der Waals surface area contributed by atoms with E-state index in [9.17, 15) is 4.39 Å². The average molecular weight is 257 g/mol. The Morgan fingerprint density at radius 1 is 0.895 bits per heavy atom. The molecule has 2 aromatic rings. The van der Waals surface area contributed by atoms with Gasteiger partial charge in [-0.2, -0.15) is 0 Å². The smallest absolute Gasteiger partial charge is 0.123 e. The van der Waals surface area contributed by atoms with Crippen LogP contribution in [0.15, 0.2) is 36.4 Å². The van der Waals surface area contributed by atoms with Crippen molar-refractivity contribution in [3.05, 3.63) is 70.0 Å². The molecule has 1 atom stereocenters. The summed E-state index contributed by atoms with van der Waals surface area (Å²) in [6.45, 7) is 8.02. The van der Waals surface area contributed by atoms with E-state index in [1.165, 1.54) is 23.3 Å². The number of hydrogen-bond acceptors (Lipinski definition) is 1. The molecule has 0 saturated carbocycles. The van der Waals surface area contributed by atoms with Gasteiger partial charge in [0, 0.05) is 0 Å². The average Bonchev–Trinajstić information content (AvgIpc) is 2.32. The largest absolute Gasteiger partial charge is 0.318 e. The molecule has 0 bridgehead atoms. The van der Waals surface area contributed by atoms with Crippen LogP contribution in [0.1, 0.15) is 34.7 Å². The van der Waals surface area contributed by atoms with Gasteiger partial charge in [-0.3, -0.25) is 0 Å². The molecule has 0 spiro atoms. The van der Waals surface area contributed by atoms with Crippen LogP contribution in [-0.4, -0.2) is 0 Å². The van der Waals surface area contributed by atoms with Crippen LogP contribution in [0.4, 0.5) is 4.39 Å². The fourth-order valence-electron chi connectivity index (χ4n) is 2.43. The molecule has 0 amide bonds. The molecular weight excluding hydrogens is 237 g/mol. The Morgan fingerprint density at radius 2 is 1.58 bits per heavy atom. The zero-order chi connectivity index (χ0) is 14.2. The van der Waals surface area contributed by atoms with Crippen LogP contribution in [0.25, 0.3) is 0 Å². The molecule has 1 nitrogen and oxygen atoms in total. The van der Waals surface area contributed by atoms with Gasteiger partial charge >= 0.3 is 0 Å². The van der Waals surface area contributed by atoms with Crippen molar-refractivity contribution >= 4 is 0 Å². The van der Waals surface area contributed by atoms with E-state index in [4.69, 9.17) is 5.73 Å². The third-order valence-corrected chi connectivity index (χ3v) is 3.85. The quantitative estimate of drug-likeness (QED) is 0.865. The van der Waals surface area contributed by atoms with Crippen molar-refractivity contribution in [1.29, 1.82) is 0 Å². The maximum absolute atomic E-state index is 13.2. The molecule has 2 rings (SSSR count). The van der Waals surface area contributed by atoms with Crippen LogP contribution >= 0.6 is 0 Å². The Labute approximate surface area is 114 Å². The molecule has 2 N–H and O–H groups in total. The fourth-order valence-corrected chi connectivity index (χ4v) is 2.43. The molecule has 2 aromatic carbocycles. The van der Waals surface area contributed by atoms with Crippen molar-refractivity contribution < 1.29 is 4.39 Å². The van der Waals surface area contributed by atoms with Crippen LogP contribution < -0.4 is 5.73 Å². The van der Waals surface area contributed by atoms with Gasteiger partial charge in [-0.05, 0) is 67.6 Å². The maximum Gasteiger partial charge on any atom is 0.123 e. The zero-order valence-electron chi connectivity index (χ0n) is 11.9. The molecule has 0 aromatic heterocycles. The monoisotopic (exact) mass is 257 g/mol. The van der Waals surface area contributed by atoms with Gasteiger partial charge in [0.05, 0.1) is 5.54 Å². The molecule has 2 heteroatoms. The first-order chi connectivity index (χ1) is 8.82. The van der Waals surface area contributed by atoms with Gasteiger partial charge in [0.15, 0.2) is 0 Å².